The Balaban J connectivity index is 1.75. The average molecular weight is 415 g/mol. The van der Waals surface area contributed by atoms with Crippen molar-refractivity contribution in [3.8, 4) is 0 Å². The molecule has 3 aliphatic rings. The first-order valence-corrected chi connectivity index (χ1v) is 11.9. The fraction of sp³-hybridized carbons (Fsp3) is 0.704. The van der Waals surface area contributed by atoms with Gasteiger partial charge in [0.15, 0.2) is 0 Å². The van der Waals surface area contributed by atoms with E-state index in [1.54, 1.807) is 25.5 Å². The molecule has 0 heterocycles. The van der Waals surface area contributed by atoms with Crippen molar-refractivity contribution in [3.63, 3.8) is 0 Å². The van der Waals surface area contributed by atoms with E-state index in [9.17, 15) is 15.3 Å². The van der Waals surface area contributed by atoms with Crippen LogP contribution in [0.3, 0.4) is 0 Å². The first-order chi connectivity index (χ1) is 14.0. The molecular weight excluding hydrogens is 372 g/mol. The Labute approximate surface area is 183 Å². The average Bonchev–Trinajstić information content (AvgIpc) is 3.03. The predicted molar refractivity (Wildman–Crippen MR) is 124 cm³/mol. The summed E-state index contributed by atoms with van der Waals surface area (Å²) in [6, 6.07) is 0. The summed E-state index contributed by atoms with van der Waals surface area (Å²) in [7, 11) is 0. The summed E-state index contributed by atoms with van der Waals surface area (Å²) in [6.45, 7) is 12.2. The van der Waals surface area contributed by atoms with Gasteiger partial charge in [-0.3, -0.25) is 0 Å². The van der Waals surface area contributed by atoms with Crippen LogP contribution in [0.5, 0.6) is 0 Å². The molecule has 0 aromatic carbocycles. The normalized spacial score (nSPS) is 37.7. The van der Waals surface area contributed by atoms with Gasteiger partial charge in [-0.15, -0.1) is 0 Å². The third-order valence-corrected chi connectivity index (χ3v) is 8.18. The molecule has 3 saturated carbocycles. The van der Waals surface area contributed by atoms with Crippen LogP contribution in [0, 0.1) is 23.2 Å². The Morgan fingerprint density at radius 1 is 1.13 bits per heavy atom. The predicted octanol–water partition coefficient (Wildman–Crippen LogP) is 5.48. The van der Waals surface area contributed by atoms with Crippen molar-refractivity contribution in [1.29, 1.82) is 0 Å². The van der Waals surface area contributed by atoms with E-state index in [0.29, 0.717) is 17.8 Å². The molecular formula is C27H42O3. The van der Waals surface area contributed by atoms with Gasteiger partial charge in [-0.25, -0.2) is 0 Å². The quantitative estimate of drug-likeness (QED) is 0.522. The highest BCUT2D eigenvalue weighted by atomic mass is 16.3. The molecule has 0 saturated heterocycles. The number of fused-ring (bicyclic) bond motifs is 1. The van der Waals surface area contributed by atoms with Crippen molar-refractivity contribution in [3.05, 3.63) is 47.6 Å². The molecule has 3 fully saturated rings. The molecule has 0 radical (unpaired) electrons. The summed E-state index contributed by atoms with van der Waals surface area (Å²) in [5.41, 5.74) is 3.15. The number of aliphatic hydroxyl groups excluding tert-OH is 2. The van der Waals surface area contributed by atoms with E-state index in [4.69, 9.17) is 0 Å². The van der Waals surface area contributed by atoms with Gasteiger partial charge < -0.3 is 15.3 Å². The number of hydrogen-bond acceptors (Lipinski definition) is 3. The molecule has 0 bridgehead atoms. The summed E-state index contributed by atoms with van der Waals surface area (Å²) < 4.78 is 0. The molecule has 3 heteroatoms. The van der Waals surface area contributed by atoms with E-state index in [1.165, 1.54) is 43.3 Å². The first kappa shape index (κ1) is 23.5. The lowest BCUT2D eigenvalue weighted by Gasteiger charge is -2.44. The van der Waals surface area contributed by atoms with E-state index in [2.05, 4.69) is 38.7 Å². The summed E-state index contributed by atoms with van der Waals surface area (Å²) in [6.07, 6.45) is 16.0. The molecule has 168 valence electrons. The summed E-state index contributed by atoms with van der Waals surface area (Å²) in [5, 5.41) is 30.2. The van der Waals surface area contributed by atoms with Crippen molar-refractivity contribution >= 4 is 0 Å². The van der Waals surface area contributed by atoms with Crippen LogP contribution in [-0.2, 0) is 0 Å². The van der Waals surface area contributed by atoms with Crippen molar-refractivity contribution < 1.29 is 15.3 Å². The van der Waals surface area contributed by atoms with E-state index in [1.807, 2.05) is 0 Å². The van der Waals surface area contributed by atoms with Gasteiger partial charge in [0.2, 0.25) is 0 Å². The van der Waals surface area contributed by atoms with Crippen molar-refractivity contribution in [2.75, 3.05) is 0 Å². The van der Waals surface area contributed by atoms with Crippen molar-refractivity contribution in [2.24, 2.45) is 23.2 Å². The van der Waals surface area contributed by atoms with E-state index >= 15 is 0 Å². The zero-order valence-electron chi connectivity index (χ0n) is 19.4. The molecule has 3 N–H and O–H groups in total. The zero-order chi connectivity index (χ0) is 22.1. The van der Waals surface area contributed by atoms with Gasteiger partial charge >= 0.3 is 0 Å². The topological polar surface area (TPSA) is 60.7 Å². The molecule has 0 spiro atoms. The molecule has 3 nitrogen and oxygen atoms in total. The van der Waals surface area contributed by atoms with E-state index in [-0.39, 0.29) is 11.5 Å². The fourth-order valence-corrected chi connectivity index (χ4v) is 6.19. The Hall–Kier alpha value is -1.16. The maximum Gasteiger partial charge on any atom is 0.100 e. The lowest BCUT2D eigenvalue weighted by molar-refractivity contribution is -0.0229. The summed E-state index contributed by atoms with van der Waals surface area (Å²) in [5.74, 6) is 1.59. The molecule has 6 atom stereocenters. The number of rotatable bonds is 5. The minimum atomic E-state index is -1.11. The molecule has 30 heavy (non-hydrogen) atoms. The van der Waals surface area contributed by atoms with Crippen LogP contribution >= 0.6 is 0 Å². The van der Waals surface area contributed by atoms with Gasteiger partial charge in [-0.2, -0.15) is 0 Å². The minimum absolute atomic E-state index is 0.223. The number of allylic oxidation sites excluding steroid dienone is 5. The second kappa shape index (κ2) is 9.14. The van der Waals surface area contributed by atoms with Crippen LogP contribution in [0.2, 0.25) is 0 Å². The molecule has 0 aromatic rings. The fourth-order valence-electron chi connectivity index (χ4n) is 6.19. The van der Waals surface area contributed by atoms with Crippen LogP contribution in [0.4, 0.5) is 0 Å². The van der Waals surface area contributed by atoms with E-state index < -0.39 is 11.7 Å². The Morgan fingerprint density at radius 3 is 2.57 bits per heavy atom. The second-order valence-electron chi connectivity index (χ2n) is 10.9. The highest BCUT2D eigenvalue weighted by molar-refractivity contribution is 5.36. The monoisotopic (exact) mass is 414 g/mol. The Morgan fingerprint density at radius 2 is 1.87 bits per heavy atom. The highest BCUT2D eigenvalue weighted by Gasteiger charge is 2.50. The first-order valence-electron chi connectivity index (χ1n) is 11.9. The van der Waals surface area contributed by atoms with Crippen molar-refractivity contribution in [1.82, 2.24) is 0 Å². The van der Waals surface area contributed by atoms with E-state index in [0.717, 1.165) is 19.3 Å². The van der Waals surface area contributed by atoms with Gasteiger partial charge in [0.05, 0.1) is 11.7 Å². The molecule has 0 aromatic heterocycles. The number of hydrogen-bond donors (Lipinski definition) is 3. The van der Waals surface area contributed by atoms with Crippen LogP contribution < -0.4 is 0 Å². The van der Waals surface area contributed by atoms with Crippen LogP contribution in [0.1, 0.15) is 79.1 Å². The summed E-state index contributed by atoms with van der Waals surface area (Å²) in [4.78, 5) is 0. The lowest BCUT2D eigenvalue weighted by Crippen LogP contribution is -2.36. The van der Waals surface area contributed by atoms with Crippen LogP contribution in [0.15, 0.2) is 47.6 Å². The largest absolute Gasteiger partial charge is 0.393 e. The molecule has 0 unspecified atom stereocenters. The SMILES string of the molecule is C=C1CC[C@H](O)C/C1=C\C=C1/CCC[C@]2(C)[C@@H]([C@H](C)/C=C/[C@H](O)C(C)(C)O)CC[C@@H]12. The van der Waals surface area contributed by atoms with Gasteiger partial charge in [0.1, 0.15) is 6.10 Å². The smallest absolute Gasteiger partial charge is 0.100 e. The maximum absolute atomic E-state index is 10.2. The molecule has 0 aliphatic heterocycles. The van der Waals surface area contributed by atoms with Gasteiger partial charge in [0, 0.05) is 0 Å². The Bertz CT molecular complexity index is 723. The van der Waals surface area contributed by atoms with Crippen LogP contribution in [-0.4, -0.2) is 33.1 Å². The van der Waals surface area contributed by atoms with Crippen LogP contribution in [0.25, 0.3) is 0 Å². The minimum Gasteiger partial charge on any atom is -0.393 e. The zero-order valence-corrected chi connectivity index (χ0v) is 19.4. The Kier molecular flexibility index (Phi) is 7.16. The third-order valence-electron chi connectivity index (χ3n) is 8.18. The third kappa shape index (κ3) is 5.00. The standard InChI is InChI=1S/C27H42O3/c1-18-8-12-22(28)17-21(18)11-10-20-7-6-16-27(5)23(13-14-24(20)27)19(2)9-15-25(29)26(3,4)30/h9-11,15,19,22-25,28-30H,1,6-8,12-14,16-17H2,2-5H3/b15-9+,20-10+,21-11+/t19-,22+,23-,24+,25+,27-/m1/s1. The lowest BCUT2D eigenvalue weighted by atomic mass is 9.61. The summed E-state index contributed by atoms with van der Waals surface area (Å²) >= 11 is 0. The highest BCUT2D eigenvalue weighted by Crippen LogP contribution is 2.59. The molecule has 3 rings (SSSR count). The van der Waals surface area contributed by atoms with Gasteiger partial charge in [-0.1, -0.05) is 55.9 Å². The molecule has 0 amide bonds. The van der Waals surface area contributed by atoms with Gasteiger partial charge in [0.25, 0.3) is 0 Å². The van der Waals surface area contributed by atoms with Gasteiger partial charge in [-0.05, 0) is 94.0 Å². The second-order valence-corrected chi connectivity index (χ2v) is 10.9. The number of aliphatic hydroxyl groups is 3. The van der Waals surface area contributed by atoms with Crippen molar-refractivity contribution in [2.45, 2.75) is 96.9 Å². The molecule has 3 aliphatic carbocycles. The maximum atomic E-state index is 10.2.